The van der Waals surface area contributed by atoms with Gasteiger partial charge in [-0.25, -0.2) is 9.97 Å². The first-order valence-corrected chi connectivity index (χ1v) is 6.06. The second-order valence-electron chi connectivity index (χ2n) is 3.96. The van der Waals surface area contributed by atoms with Crippen molar-refractivity contribution in [2.75, 3.05) is 17.2 Å². The van der Waals surface area contributed by atoms with Crippen molar-refractivity contribution in [2.24, 2.45) is 0 Å². The Bertz CT molecular complexity index is 355. The maximum absolute atomic E-state index is 4.48. The largest absolute Gasteiger partial charge is 0.352 e. The molecule has 0 spiro atoms. The second-order valence-corrected chi connectivity index (χ2v) is 5.29. The van der Waals surface area contributed by atoms with E-state index in [-0.39, 0.29) is 0 Å². The molecule has 0 N–H and O–H groups in total. The molecule has 2 saturated heterocycles. The third-order valence-corrected chi connectivity index (χ3v) is 4.35. The first-order valence-electron chi connectivity index (χ1n) is 5.01. The topological polar surface area (TPSA) is 29.0 Å². The number of rotatable bonds is 1. The highest BCUT2D eigenvalue weighted by Crippen LogP contribution is 2.39. The Kier molecular flexibility index (Phi) is 1.90. The fraction of sp³-hybridized carbons (Fsp3) is 0.600. The van der Waals surface area contributed by atoms with Crippen LogP contribution < -0.4 is 4.90 Å². The van der Waals surface area contributed by atoms with Crippen molar-refractivity contribution in [2.45, 2.75) is 24.6 Å². The summed E-state index contributed by atoms with van der Waals surface area (Å²) in [5, 5.41) is 0.843. The Morgan fingerprint density at radius 2 is 2.50 bits per heavy atom. The molecule has 0 aliphatic carbocycles. The van der Waals surface area contributed by atoms with Gasteiger partial charge >= 0.3 is 0 Å². The lowest BCUT2D eigenvalue weighted by atomic mass is 10.2. The summed E-state index contributed by atoms with van der Waals surface area (Å²) in [6, 6.07) is 2.75. The van der Waals surface area contributed by atoms with Gasteiger partial charge in [-0.1, -0.05) is 0 Å². The number of aryl methyl sites for hydroxylation is 1. The summed E-state index contributed by atoms with van der Waals surface area (Å²) in [5.74, 6) is 3.26. The molecule has 74 valence electrons. The quantitative estimate of drug-likeness (QED) is 0.697. The van der Waals surface area contributed by atoms with E-state index < -0.39 is 0 Å². The number of thioether (sulfide) groups is 1. The predicted molar refractivity (Wildman–Crippen MR) is 58.8 cm³/mol. The smallest absolute Gasteiger partial charge is 0.132 e. The molecule has 2 bridgehead atoms. The van der Waals surface area contributed by atoms with E-state index in [0.29, 0.717) is 0 Å². The van der Waals surface area contributed by atoms with Crippen molar-refractivity contribution in [3.8, 4) is 0 Å². The minimum Gasteiger partial charge on any atom is -0.352 e. The average molecular weight is 207 g/mol. The SMILES string of the molecule is Cc1nccc(N2CC3CC2CS3)n1. The van der Waals surface area contributed by atoms with Gasteiger partial charge in [0.25, 0.3) is 0 Å². The van der Waals surface area contributed by atoms with Gasteiger partial charge in [-0.2, -0.15) is 11.8 Å². The third-order valence-electron chi connectivity index (χ3n) is 2.96. The highest BCUT2D eigenvalue weighted by atomic mass is 32.2. The summed E-state index contributed by atoms with van der Waals surface area (Å²) in [6.45, 7) is 3.12. The summed E-state index contributed by atoms with van der Waals surface area (Å²) in [4.78, 5) is 11.1. The molecule has 0 radical (unpaired) electrons. The van der Waals surface area contributed by atoms with Crippen molar-refractivity contribution in [3.05, 3.63) is 18.1 Å². The molecular weight excluding hydrogens is 194 g/mol. The van der Waals surface area contributed by atoms with Gasteiger partial charge in [0.15, 0.2) is 0 Å². The van der Waals surface area contributed by atoms with Crippen LogP contribution in [-0.4, -0.2) is 33.6 Å². The Balaban J connectivity index is 1.89. The fourth-order valence-electron chi connectivity index (χ4n) is 2.28. The maximum atomic E-state index is 4.48. The molecule has 0 amide bonds. The standard InChI is InChI=1S/C10H13N3S/c1-7-11-3-2-10(12-7)13-5-9-4-8(13)6-14-9/h2-3,8-9H,4-6H2,1H3. The summed E-state index contributed by atoms with van der Waals surface area (Å²) in [5.41, 5.74) is 0. The van der Waals surface area contributed by atoms with Gasteiger partial charge in [-0.3, -0.25) is 0 Å². The summed E-state index contributed by atoms with van der Waals surface area (Å²) >= 11 is 2.11. The number of fused-ring (bicyclic) bond motifs is 2. The van der Waals surface area contributed by atoms with Crippen LogP contribution in [0.4, 0.5) is 5.82 Å². The van der Waals surface area contributed by atoms with Crippen LogP contribution >= 0.6 is 11.8 Å². The lowest BCUT2D eigenvalue weighted by Crippen LogP contribution is -2.34. The van der Waals surface area contributed by atoms with Crippen LogP contribution in [0.15, 0.2) is 12.3 Å². The van der Waals surface area contributed by atoms with Crippen LogP contribution in [0.2, 0.25) is 0 Å². The zero-order chi connectivity index (χ0) is 9.54. The second kappa shape index (κ2) is 3.12. The molecule has 2 atom stereocenters. The van der Waals surface area contributed by atoms with E-state index in [1.54, 1.807) is 0 Å². The Hall–Kier alpha value is -0.770. The Labute approximate surface area is 87.9 Å². The molecule has 14 heavy (non-hydrogen) atoms. The first-order chi connectivity index (χ1) is 6.83. The van der Waals surface area contributed by atoms with E-state index in [1.165, 1.54) is 18.7 Å². The highest BCUT2D eigenvalue weighted by Gasteiger charge is 2.38. The minimum absolute atomic E-state index is 0.722. The van der Waals surface area contributed by atoms with Crippen molar-refractivity contribution in [1.82, 2.24) is 9.97 Å². The maximum Gasteiger partial charge on any atom is 0.132 e. The molecule has 1 aromatic heterocycles. The molecule has 2 unspecified atom stereocenters. The highest BCUT2D eigenvalue weighted by molar-refractivity contribution is 8.00. The number of hydrogen-bond acceptors (Lipinski definition) is 4. The molecular formula is C10H13N3S. The number of hydrogen-bond donors (Lipinski definition) is 0. The Morgan fingerprint density at radius 3 is 3.14 bits per heavy atom. The van der Waals surface area contributed by atoms with Crippen molar-refractivity contribution >= 4 is 17.6 Å². The third kappa shape index (κ3) is 1.29. The zero-order valence-electron chi connectivity index (χ0n) is 8.18. The summed E-state index contributed by atoms with van der Waals surface area (Å²) < 4.78 is 0. The fourth-order valence-corrected chi connectivity index (χ4v) is 3.72. The van der Waals surface area contributed by atoms with Gasteiger partial charge in [-0.05, 0) is 19.4 Å². The van der Waals surface area contributed by atoms with Crippen LogP contribution in [-0.2, 0) is 0 Å². The molecule has 2 aliphatic rings. The van der Waals surface area contributed by atoms with E-state index in [9.17, 15) is 0 Å². The average Bonchev–Trinajstić information content (AvgIpc) is 2.78. The van der Waals surface area contributed by atoms with Crippen LogP contribution in [0.25, 0.3) is 0 Å². The number of aromatic nitrogens is 2. The van der Waals surface area contributed by atoms with Crippen LogP contribution in [0, 0.1) is 6.92 Å². The van der Waals surface area contributed by atoms with Crippen molar-refractivity contribution in [3.63, 3.8) is 0 Å². The molecule has 1 aromatic rings. The van der Waals surface area contributed by atoms with Crippen molar-refractivity contribution in [1.29, 1.82) is 0 Å². The van der Waals surface area contributed by atoms with E-state index in [1.807, 2.05) is 19.2 Å². The van der Waals surface area contributed by atoms with Crippen molar-refractivity contribution < 1.29 is 0 Å². The molecule has 3 nitrogen and oxygen atoms in total. The monoisotopic (exact) mass is 207 g/mol. The van der Waals surface area contributed by atoms with Gasteiger partial charge in [0.05, 0.1) is 0 Å². The summed E-state index contributed by atoms with van der Waals surface area (Å²) in [7, 11) is 0. The van der Waals surface area contributed by atoms with E-state index in [2.05, 4.69) is 26.6 Å². The van der Waals surface area contributed by atoms with Gasteiger partial charge < -0.3 is 4.90 Å². The summed E-state index contributed by atoms with van der Waals surface area (Å²) in [6.07, 6.45) is 3.20. The molecule has 4 heteroatoms. The Morgan fingerprint density at radius 1 is 1.57 bits per heavy atom. The van der Waals surface area contributed by atoms with Gasteiger partial charge in [0.2, 0.25) is 0 Å². The number of nitrogens with zero attached hydrogens (tertiary/aromatic N) is 3. The minimum atomic E-state index is 0.722. The van der Waals surface area contributed by atoms with Gasteiger partial charge in [-0.15, -0.1) is 0 Å². The lowest BCUT2D eigenvalue weighted by Gasteiger charge is -2.27. The first kappa shape index (κ1) is 8.53. The van der Waals surface area contributed by atoms with E-state index in [4.69, 9.17) is 0 Å². The molecule has 0 aromatic carbocycles. The van der Waals surface area contributed by atoms with Crippen LogP contribution in [0.5, 0.6) is 0 Å². The van der Waals surface area contributed by atoms with Gasteiger partial charge in [0.1, 0.15) is 11.6 Å². The molecule has 0 saturated carbocycles. The molecule has 3 rings (SSSR count). The van der Waals surface area contributed by atoms with E-state index in [0.717, 1.165) is 22.9 Å². The molecule has 3 heterocycles. The normalized spacial score (nSPS) is 29.9. The van der Waals surface area contributed by atoms with E-state index >= 15 is 0 Å². The molecule has 2 aliphatic heterocycles. The lowest BCUT2D eigenvalue weighted by molar-refractivity contribution is 0.747. The zero-order valence-corrected chi connectivity index (χ0v) is 9.00. The van der Waals surface area contributed by atoms with Gasteiger partial charge in [0, 0.05) is 29.8 Å². The molecule has 2 fully saturated rings. The predicted octanol–water partition coefficient (Wildman–Crippen LogP) is 1.48. The number of anilines is 1. The van der Waals surface area contributed by atoms with Crippen LogP contribution in [0.3, 0.4) is 0 Å². The van der Waals surface area contributed by atoms with Crippen LogP contribution in [0.1, 0.15) is 12.2 Å².